The van der Waals surface area contributed by atoms with Gasteiger partial charge in [-0.25, -0.2) is 0 Å². The Morgan fingerprint density at radius 1 is 1.29 bits per heavy atom. The molecular formula is C14H21NO2. The fraction of sp³-hybridized carbons (Fsp3) is 0.500. The van der Waals surface area contributed by atoms with Crippen molar-refractivity contribution >= 4 is 6.41 Å². The second-order valence-corrected chi connectivity index (χ2v) is 5.26. The van der Waals surface area contributed by atoms with Crippen LogP contribution in [0.5, 0.6) is 5.75 Å². The Bertz CT molecular complexity index is 351. The molecule has 0 bridgehead atoms. The van der Waals surface area contributed by atoms with Crippen LogP contribution >= 0.6 is 0 Å². The molecule has 0 spiro atoms. The molecule has 0 aliphatic carbocycles. The minimum atomic E-state index is 0.0425. The van der Waals surface area contributed by atoms with Crippen LogP contribution in [0.25, 0.3) is 0 Å². The van der Waals surface area contributed by atoms with E-state index < -0.39 is 0 Å². The summed E-state index contributed by atoms with van der Waals surface area (Å²) in [6.07, 6.45) is 1.60. The Morgan fingerprint density at radius 2 is 1.88 bits per heavy atom. The van der Waals surface area contributed by atoms with Gasteiger partial charge in [-0.15, -0.1) is 0 Å². The number of rotatable bonds is 5. The van der Waals surface area contributed by atoms with E-state index in [0.29, 0.717) is 0 Å². The van der Waals surface area contributed by atoms with E-state index in [0.717, 1.165) is 18.6 Å². The molecule has 0 aliphatic rings. The normalized spacial score (nSPS) is 12.9. The summed E-state index contributed by atoms with van der Waals surface area (Å²) in [6, 6.07) is 8.08. The molecule has 1 aromatic rings. The molecule has 3 heteroatoms. The third-order valence-electron chi connectivity index (χ3n) is 2.91. The second kappa shape index (κ2) is 5.71. The molecule has 0 aliphatic heterocycles. The molecule has 0 radical (unpaired) electrons. The lowest BCUT2D eigenvalue weighted by molar-refractivity contribution is -0.110. The lowest BCUT2D eigenvalue weighted by Gasteiger charge is -2.30. The first kappa shape index (κ1) is 13.6. The highest BCUT2D eigenvalue weighted by Gasteiger charge is 2.24. The number of carbonyl (C=O) groups is 1. The van der Waals surface area contributed by atoms with Crippen LogP contribution in [0.3, 0.4) is 0 Å². The van der Waals surface area contributed by atoms with Crippen LogP contribution in [0.4, 0.5) is 0 Å². The fourth-order valence-electron chi connectivity index (χ4n) is 1.69. The maximum Gasteiger partial charge on any atom is 0.207 e. The summed E-state index contributed by atoms with van der Waals surface area (Å²) >= 11 is 0. The van der Waals surface area contributed by atoms with Gasteiger partial charge < -0.3 is 10.1 Å². The summed E-state index contributed by atoms with van der Waals surface area (Å²) in [6.45, 7) is 6.37. The van der Waals surface area contributed by atoms with Crippen LogP contribution < -0.4 is 10.1 Å². The van der Waals surface area contributed by atoms with Gasteiger partial charge in [-0.1, -0.05) is 32.9 Å². The van der Waals surface area contributed by atoms with Gasteiger partial charge in [-0.2, -0.15) is 0 Å². The number of hydrogen-bond acceptors (Lipinski definition) is 2. The topological polar surface area (TPSA) is 38.3 Å². The van der Waals surface area contributed by atoms with E-state index >= 15 is 0 Å². The van der Waals surface area contributed by atoms with Crippen molar-refractivity contribution in [2.75, 3.05) is 7.11 Å². The molecule has 1 atom stereocenters. The van der Waals surface area contributed by atoms with Crippen LogP contribution in [0, 0.1) is 5.41 Å². The van der Waals surface area contributed by atoms with E-state index in [9.17, 15) is 4.79 Å². The number of hydrogen-bond donors (Lipinski definition) is 1. The van der Waals surface area contributed by atoms with Crippen molar-refractivity contribution < 1.29 is 9.53 Å². The zero-order valence-corrected chi connectivity index (χ0v) is 11.0. The van der Waals surface area contributed by atoms with Gasteiger partial charge in [-0.3, -0.25) is 4.79 Å². The quantitative estimate of drug-likeness (QED) is 0.796. The van der Waals surface area contributed by atoms with E-state index in [2.05, 4.69) is 26.1 Å². The van der Waals surface area contributed by atoms with Crippen LogP contribution in [-0.2, 0) is 11.2 Å². The van der Waals surface area contributed by atoms with E-state index in [-0.39, 0.29) is 11.5 Å². The van der Waals surface area contributed by atoms with Gasteiger partial charge in [0.2, 0.25) is 6.41 Å². The maximum atomic E-state index is 10.6. The molecule has 0 heterocycles. The molecule has 1 amide bonds. The predicted octanol–water partition coefficient (Wildman–Crippen LogP) is 2.40. The third-order valence-corrected chi connectivity index (χ3v) is 2.91. The van der Waals surface area contributed by atoms with Crippen molar-refractivity contribution in [1.82, 2.24) is 5.32 Å². The number of methoxy groups -OCH3 is 1. The molecule has 1 N–H and O–H groups in total. The number of amides is 1. The molecule has 0 fully saturated rings. The minimum absolute atomic E-state index is 0.0425. The van der Waals surface area contributed by atoms with Crippen molar-refractivity contribution in [3.8, 4) is 5.75 Å². The molecule has 3 nitrogen and oxygen atoms in total. The van der Waals surface area contributed by atoms with Gasteiger partial charge in [0.25, 0.3) is 0 Å². The van der Waals surface area contributed by atoms with E-state index in [1.54, 1.807) is 7.11 Å². The van der Waals surface area contributed by atoms with Crippen molar-refractivity contribution in [1.29, 1.82) is 0 Å². The molecule has 17 heavy (non-hydrogen) atoms. The van der Waals surface area contributed by atoms with Crippen molar-refractivity contribution in [3.05, 3.63) is 29.8 Å². The number of carbonyl (C=O) groups excluding carboxylic acids is 1. The maximum absolute atomic E-state index is 10.6. The Hall–Kier alpha value is -1.51. The predicted molar refractivity (Wildman–Crippen MR) is 69.1 cm³/mol. The molecule has 0 aromatic heterocycles. The van der Waals surface area contributed by atoms with Gasteiger partial charge in [0, 0.05) is 6.04 Å². The first-order valence-corrected chi connectivity index (χ1v) is 5.80. The summed E-state index contributed by atoms with van der Waals surface area (Å²) in [5.41, 5.74) is 1.24. The molecule has 1 aromatic carbocycles. The van der Waals surface area contributed by atoms with Crippen LogP contribution in [0.2, 0.25) is 0 Å². The molecule has 0 saturated heterocycles. The zero-order valence-electron chi connectivity index (χ0n) is 11.0. The van der Waals surface area contributed by atoms with Crippen LogP contribution in [0.15, 0.2) is 24.3 Å². The SMILES string of the molecule is COc1ccc(CC(NC=O)C(C)(C)C)cc1. The summed E-state index contributed by atoms with van der Waals surface area (Å²) < 4.78 is 5.12. The first-order valence-electron chi connectivity index (χ1n) is 5.80. The van der Waals surface area contributed by atoms with Crippen molar-refractivity contribution in [2.24, 2.45) is 5.41 Å². The number of nitrogens with one attached hydrogen (secondary N) is 1. The molecule has 94 valence electrons. The summed E-state index contributed by atoms with van der Waals surface area (Å²) in [7, 11) is 1.65. The van der Waals surface area contributed by atoms with Crippen molar-refractivity contribution in [2.45, 2.75) is 33.2 Å². The Labute approximate surface area is 103 Å². The third kappa shape index (κ3) is 4.10. The van der Waals surface area contributed by atoms with Gasteiger partial charge in [0.15, 0.2) is 0 Å². The van der Waals surface area contributed by atoms with Gasteiger partial charge in [-0.05, 0) is 29.5 Å². The molecular weight excluding hydrogens is 214 g/mol. The second-order valence-electron chi connectivity index (χ2n) is 5.26. The monoisotopic (exact) mass is 235 g/mol. The molecule has 1 unspecified atom stereocenters. The smallest absolute Gasteiger partial charge is 0.207 e. The van der Waals surface area contributed by atoms with E-state index in [1.807, 2.05) is 24.3 Å². The van der Waals surface area contributed by atoms with Gasteiger partial charge in [0.05, 0.1) is 7.11 Å². The average Bonchev–Trinajstić information content (AvgIpc) is 2.28. The molecule has 1 rings (SSSR count). The zero-order chi connectivity index (χ0) is 12.9. The number of ether oxygens (including phenoxy) is 1. The largest absolute Gasteiger partial charge is 0.497 e. The lowest BCUT2D eigenvalue weighted by atomic mass is 9.83. The lowest BCUT2D eigenvalue weighted by Crippen LogP contribution is -2.41. The minimum Gasteiger partial charge on any atom is -0.497 e. The fourth-order valence-corrected chi connectivity index (χ4v) is 1.69. The Balaban J connectivity index is 2.75. The van der Waals surface area contributed by atoms with Crippen LogP contribution in [0.1, 0.15) is 26.3 Å². The number of benzene rings is 1. The highest BCUT2D eigenvalue weighted by molar-refractivity contribution is 5.47. The standard InChI is InChI=1S/C14H21NO2/c1-14(2,3)13(15-10-16)9-11-5-7-12(17-4)8-6-11/h5-8,10,13H,9H2,1-4H3,(H,15,16). The van der Waals surface area contributed by atoms with Gasteiger partial charge >= 0.3 is 0 Å². The molecule has 0 saturated carbocycles. The van der Waals surface area contributed by atoms with Gasteiger partial charge in [0.1, 0.15) is 5.75 Å². The Kier molecular flexibility index (Phi) is 4.55. The summed E-state index contributed by atoms with van der Waals surface area (Å²) in [5.74, 6) is 0.851. The summed E-state index contributed by atoms with van der Waals surface area (Å²) in [5, 5.41) is 2.89. The highest BCUT2D eigenvalue weighted by Crippen LogP contribution is 2.23. The highest BCUT2D eigenvalue weighted by atomic mass is 16.5. The Morgan fingerprint density at radius 3 is 2.29 bits per heavy atom. The van der Waals surface area contributed by atoms with Crippen molar-refractivity contribution in [3.63, 3.8) is 0 Å². The van der Waals surface area contributed by atoms with E-state index in [1.165, 1.54) is 5.56 Å². The van der Waals surface area contributed by atoms with E-state index in [4.69, 9.17) is 4.74 Å². The average molecular weight is 235 g/mol. The first-order chi connectivity index (χ1) is 7.97. The summed E-state index contributed by atoms with van der Waals surface area (Å²) in [4.78, 5) is 10.6. The van der Waals surface area contributed by atoms with Crippen LogP contribution in [-0.4, -0.2) is 19.6 Å².